The zero-order valence-electron chi connectivity index (χ0n) is 12.5. The molecule has 1 aromatic carbocycles. The van der Waals surface area contributed by atoms with Gasteiger partial charge in [-0.25, -0.2) is 0 Å². The molecule has 2 rings (SSSR count). The SMILES string of the molecule is CN(C)CCN(CC(=O)O)Cc1ccnc2ccccc12. The number of fused-ring (bicyclic) bond motifs is 1. The number of carbonyl (C=O) groups is 1. The fraction of sp³-hybridized carbons (Fsp3) is 0.375. The Labute approximate surface area is 124 Å². The van der Waals surface area contributed by atoms with E-state index in [-0.39, 0.29) is 6.54 Å². The van der Waals surface area contributed by atoms with E-state index in [9.17, 15) is 4.79 Å². The van der Waals surface area contributed by atoms with Crippen molar-refractivity contribution in [3.8, 4) is 0 Å². The lowest BCUT2D eigenvalue weighted by atomic mass is 10.1. The van der Waals surface area contributed by atoms with Crippen molar-refractivity contribution in [3.63, 3.8) is 0 Å². The lowest BCUT2D eigenvalue weighted by Gasteiger charge is -2.23. The van der Waals surface area contributed by atoms with Gasteiger partial charge in [-0.3, -0.25) is 14.7 Å². The summed E-state index contributed by atoms with van der Waals surface area (Å²) in [6.07, 6.45) is 1.78. The number of para-hydroxylation sites is 1. The zero-order valence-corrected chi connectivity index (χ0v) is 12.5. The third-order valence-corrected chi connectivity index (χ3v) is 3.36. The van der Waals surface area contributed by atoms with E-state index >= 15 is 0 Å². The molecule has 5 nitrogen and oxygen atoms in total. The number of carboxylic acids is 1. The van der Waals surface area contributed by atoms with Gasteiger partial charge in [0, 0.05) is 31.2 Å². The lowest BCUT2D eigenvalue weighted by Crippen LogP contribution is -2.35. The number of hydrogen-bond acceptors (Lipinski definition) is 4. The minimum Gasteiger partial charge on any atom is -0.480 e. The number of benzene rings is 1. The molecule has 0 aliphatic carbocycles. The molecule has 0 aliphatic heterocycles. The maximum atomic E-state index is 11.0. The van der Waals surface area contributed by atoms with Gasteiger partial charge < -0.3 is 10.0 Å². The monoisotopic (exact) mass is 287 g/mol. The molecule has 5 heteroatoms. The fourth-order valence-electron chi connectivity index (χ4n) is 2.28. The molecule has 112 valence electrons. The summed E-state index contributed by atoms with van der Waals surface area (Å²) in [5.74, 6) is -0.799. The van der Waals surface area contributed by atoms with Crippen LogP contribution in [0.5, 0.6) is 0 Å². The second-order valence-corrected chi connectivity index (χ2v) is 5.39. The van der Waals surface area contributed by atoms with Crippen LogP contribution in [0.3, 0.4) is 0 Å². The Kier molecular flexibility index (Phi) is 5.25. The quantitative estimate of drug-likeness (QED) is 0.839. The van der Waals surface area contributed by atoms with Gasteiger partial charge in [-0.1, -0.05) is 18.2 Å². The third kappa shape index (κ3) is 4.51. The normalized spacial score (nSPS) is 11.4. The predicted molar refractivity (Wildman–Crippen MR) is 83.2 cm³/mol. The molecule has 0 unspecified atom stereocenters. The smallest absolute Gasteiger partial charge is 0.317 e. The minimum absolute atomic E-state index is 0.0461. The van der Waals surface area contributed by atoms with Gasteiger partial charge in [-0.05, 0) is 31.8 Å². The van der Waals surface area contributed by atoms with Gasteiger partial charge in [0.1, 0.15) is 0 Å². The second-order valence-electron chi connectivity index (χ2n) is 5.39. The highest BCUT2D eigenvalue weighted by Gasteiger charge is 2.12. The van der Waals surface area contributed by atoms with E-state index in [4.69, 9.17) is 5.11 Å². The van der Waals surface area contributed by atoms with E-state index in [1.54, 1.807) is 6.20 Å². The first-order valence-corrected chi connectivity index (χ1v) is 6.98. The maximum absolute atomic E-state index is 11.0. The molecule has 0 aliphatic rings. The number of nitrogens with zero attached hydrogens (tertiary/aromatic N) is 3. The van der Waals surface area contributed by atoms with Crippen LogP contribution < -0.4 is 0 Å². The number of aromatic nitrogens is 1. The van der Waals surface area contributed by atoms with Crippen LogP contribution in [0.4, 0.5) is 0 Å². The molecule has 1 heterocycles. The van der Waals surface area contributed by atoms with Gasteiger partial charge in [0.05, 0.1) is 12.1 Å². The molecule has 0 fully saturated rings. The van der Waals surface area contributed by atoms with Crippen molar-refractivity contribution in [2.24, 2.45) is 0 Å². The van der Waals surface area contributed by atoms with Gasteiger partial charge in [0.2, 0.25) is 0 Å². The Balaban J connectivity index is 2.19. The molecule has 0 spiro atoms. The van der Waals surface area contributed by atoms with Crippen molar-refractivity contribution < 1.29 is 9.90 Å². The molecule has 0 saturated carbocycles. The van der Waals surface area contributed by atoms with Crippen LogP contribution in [0.1, 0.15) is 5.56 Å². The van der Waals surface area contributed by atoms with E-state index in [1.807, 2.05) is 49.3 Å². The Morgan fingerprint density at radius 2 is 1.95 bits per heavy atom. The molecule has 1 aromatic heterocycles. The summed E-state index contributed by atoms with van der Waals surface area (Å²) in [6.45, 7) is 2.21. The summed E-state index contributed by atoms with van der Waals surface area (Å²) < 4.78 is 0. The van der Waals surface area contributed by atoms with Crippen LogP contribution in [-0.4, -0.2) is 59.6 Å². The van der Waals surface area contributed by atoms with E-state index in [0.29, 0.717) is 6.54 Å². The number of carboxylic acid groups (broad SMARTS) is 1. The van der Waals surface area contributed by atoms with Crippen molar-refractivity contribution in [1.29, 1.82) is 0 Å². The van der Waals surface area contributed by atoms with E-state index in [0.717, 1.165) is 29.6 Å². The minimum atomic E-state index is -0.799. The first-order chi connectivity index (χ1) is 10.1. The second kappa shape index (κ2) is 7.15. The number of rotatable bonds is 7. The molecule has 1 N–H and O–H groups in total. The highest BCUT2D eigenvalue weighted by Crippen LogP contribution is 2.17. The highest BCUT2D eigenvalue weighted by molar-refractivity contribution is 5.81. The first-order valence-electron chi connectivity index (χ1n) is 6.98. The standard InChI is InChI=1S/C16H21N3O2/c1-18(2)9-10-19(12-16(20)21)11-13-7-8-17-15-6-4-3-5-14(13)15/h3-8H,9-12H2,1-2H3,(H,20,21). The lowest BCUT2D eigenvalue weighted by molar-refractivity contribution is -0.138. The van der Waals surface area contributed by atoms with E-state index in [1.165, 1.54) is 0 Å². The van der Waals surface area contributed by atoms with Crippen LogP contribution in [0, 0.1) is 0 Å². The Hall–Kier alpha value is -1.98. The number of hydrogen-bond donors (Lipinski definition) is 1. The summed E-state index contributed by atoms with van der Waals surface area (Å²) in [5.41, 5.74) is 2.05. The van der Waals surface area contributed by atoms with Crippen molar-refractivity contribution in [2.45, 2.75) is 6.54 Å². The van der Waals surface area contributed by atoms with Crippen LogP contribution >= 0.6 is 0 Å². The maximum Gasteiger partial charge on any atom is 0.317 e. The zero-order chi connectivity index (χ0) is 15.2. The summed E-state index contributed by atoms with van der Waals surface area (Å²) >= 11 is 0. The van der Waals surface area contributed by atoms with Crippen LogP contribution in [0.2, 0.25) is 0 Å². The van der Waals surface area contributed by atoms with Crippen LogP contribution in [0.15, 0.2) is 36.5 Å². The molecule has 0 amide bonds. The van der Waals surface area contributed by atoms with Gasteiger partial charge in [-0.15, -0.1) is 0 Å². The van der Waals surface area contributed by atoms with Crippen molar-refractivity contribution in [1.82, 2.24) is 14.8 Å². The molecular formula is C16H21N3O2. The van der Waals surface area contributed by atoms with Crippen molar-refractivity contribution in [3.05, 3.63) is 42.1 Å². The van der Waals surface area contributed by atoms with Gasteiger partial charge >= 0.3 is 5.97 Å². The number of aliphatic carboxylic acids is 1. The molecule has 0 bridgehead atoms. The fourth-order valence-corrected chi connectivity index (χ4v) is 2.28. The van der Waals surface area contributed by atoms with E-state index < -0.39 is 5.97 Å². The Bertz CT molecular complexity index is 608. The molecule has 0 radical (unpaired) electrons. The average molecular weight is 287 g/mol. The first kappa shape index (κ1) is 15.4. The molecule has 0 atom stereocenters. The number of likely N-dealkylation sites (N-methyl/N-ethyl adjacent to an activating group) is 1. The largest absolute Gasteiger partial charge is 0.480 e. The summed E-state index contributed by atoms with van der Waals surface area (Å²) in [7, 11) is 3.97. The molecule has 21 heavy (non-hydrogen) atoms. The van der Waals surface area contributed by atoms with Crippen LogP contribution in [-0.2, 0) is 11.3 Å². The van der Waals surface area contributed by atoms with Gasteiger partial charge in [0.15, 0.2) is 0 Å². The predicted octanol–water partition coefficient (Wildman–Crippen LogP) is 1.68. The van der Waals surface area contributed by atoms with Crippen molar-refractivity contribution >= 4 is 16.9 Å². The van der Waals surface area contributed by atoms with E-state index in [2.05, 4.69) is 9.88 Å². The third-order valence-electron chi connectivity index (χ3n) is 3.36. The van der Waals surface area contributed by atoms with Gasteiger partial charge in [-0.2, -0.15) is 0 Å². The molecular weight excluding hydrogens is 266 g/mol. The number of pyridine rings is 1. The molecule has 2 aromatic rings. The van der Waals surface area contributed by atoms with Crippen LogP contribution in [0.25, 0.3) is 10.9 Å². The van der Waals surface area contributed by atoms with Gasteiger partial charge in [0.25, 0.3) is 0 Å². The average Bonchev–Trinajstić information content (AvgIpc) is 2.44. The summed E-state index contributed by atoms with van der Waals surface area (Å²) in [5, 5.41) is 10.2. The Morgan fingerprint density at radius 1 is 1.19 bits per heavy atom. The Morgan fingerprint density at radius 3 is 2.67 bits per heavy atom. The summed E-state index contributed by atoms with van der Waals surface area (Å²) in [6, 6.07) is 9.91. The summed E-state index contributed by atoms with van der Waals surface area (Å²) in [4.78, 5) is 19.4. The topological polar surface area (TPSA) is 56.7 Å². The highest BCUT2D eigenvalue weighted by atomic mass is 16.4. The van der Waals surface area contributed by atoms with Crippen molar-refractivity contribution in [2.75, 3.05) is 33.7 Å². The molecule has 0 saturated heterocycles.